The van der Waals surface area contributed by atoms with Gasteiger partial charge in [-0.3, -0.25) is 0 Å². The summed E-state index contributed by atoms with van der Waals surface area (Å²) >= 11 is 0. The molecule has 0 unspecified atom stereocenters. The maximum absolute atomic E-state index is 12.2. The van der Waals surface area contributed by atoms with Gasteiger partial charge >= 0.3 is 5.63 Å². The summed E-state index contributed by atoms with van der Waals surface area (Å²) in [6, 6.07) is 3.42. The fraction of sp³-hybridized carbons (Fsp3) is 0.792. The largest absolute Gasteiger partial charge is 0.431 e. The molecule has 4 saturated carbocycles. The standard InChI is InChI=1S/C24H34O4/c1-22-10-7-17(25)13-16(22)4-5-20-19(22)8-11-23(2)18(9-12-24(20,23)27)15-3-6-21(26)28-14-15/h3,6,14,16-20,25,27H,4-5,7-13H2,1-2H3/t16-,17-,18+,19+,20-,22+,23-,24-/m1/s1. The fourth-order valence-electron chi connectivity index (χ4n) is 8.30. The highest BCUT2D eigenvalue weighted by Gasteiger charge is 2.67. The van der Waals surface area contributed by atoms with Crippen LogP contribution in [-0.4, -0.2) is 21.9 Å². The Balaban J connectivity index is 1.48. The summed E-state index contributed by atoms with van der Waals surface area (Å²) in [7, 11) is 0. The molecule has 154 valence electrons. The normalized spacial score (nSPS) is 50.5. The molecular weight excluding hydrogens is 352 g/mol. The van der Waals surface area contributed by atoms with E-state index in [4.69, 9.17) is 4.42 Å². The Hall–Kier alpha value is -1.13. The van der Waals surface area contributed by atoms with Crippen molar-refractivity contribution in [2.75, 3.05) is 0 Å². The Morgan fingerprint density at radius 3 is 2.57 bits per heavy atom. The van der Waals surface area contributed by atoms with Crippen LogP contribution in [0.15, 0.2) is 27.6 Å². The summed E-state index contributed by atoms with van der Waals surface area (Å²) in [5.41, 5.74) is 0.219. The van der Waals surface area contributed by atoms with Gasteiger partial charge in [-0.15, -0.1) is 0 Å². The van der Waals surface area contributed by atoms with Gasteiger partial charge in [-0.05, 0) is 98.5 Å². The van der Waals surface area contributed by atoms with E-state index in [1.165, 1.54) is 12.5 Å². The van der Waals surface area contributed by atoms with Gasteiger partial charge in [0.15, 0.2) is 0 Å². The molecule has 1 heterocycles. The molecule has 4 aliphatic carbocycles. The number of fused-ring (bicyclic) bond motifs is 5. The monoisotopic (exact) mass is 386 g/mol. The summed E-state index contributed by atoms with van der Waals surface area (Å²) in [5.74, 6) is 1.76. The van der Waals surface area contributed by atoms with Gasteiger partial charge in [-0.1, -0.05) is 13.8 Å². The van der Waals surface area contributed by atoms with Crippen LogP contribution in [0.5, 0.6) is 0 Å². The molecule has 0 saturated heterocycles. The lowest BCUT2D eigenvalue weighted by atomic mass is 9.43. The van der Waals surface area contributed by atoms with Crippen LogP contribution in [-0.2, 0) is 0 Å². The SMILES string of the molecule is C[C@]12CC[C@@H](O)C[C@H]1CC[C@@H]1[C@@H]2CC[C@]2(C)[C@H](c3ccc(=O)oc3)CC[C@@]12O. The van der Waals surface area contributed by atoms with Crippen molar-refractivity contribution in [1.82, 2.24) is 0 Å². The molecule has 0 bridgehead atoms. The smallest absolute Gasteiger partial charge is 0.335 e. The molecule has 4 nitrogen and oxygen atoms in total. The molecule has 0 aliphatic heterocycles. The Kier molecular flexibility index (Phi) is 4.17. The van der Waals surface area contributed by atoms with Crippen molar-refractivity contribution in [3.8, 4) is 0 Å². The van der Waals surface area contributed by atoms with Gasteiger partial charge in [-0.25, -0.2) is 4.79 Å². The van der Waals surface area contributed by atoms with E-state index in [-0.39, 0.29) is 28.5 Å². The molecule has 1 aromatic heterocycles. The minimum atomic E-state index is -0.638. The van der Waals surface area contributed by atoms with Crippen LogP contribution in [0.1, 0.15) is 83.1 Å². The molecule has 8 atom stereocenters. The average Bonchev–Trinajstić information content (AvgIpc) is 2.95. The van der Waals surface area contributed by atoms with E-state index in [0.717, 1.165) is 56.9 Å². The van der Waals surface area contributed by atoms with Crippen LogP contribution >= 0.6 is 0 Å². The van der Waals surface area contributed by atoms with E-state index in [1.54, 1.807) is 6.26 Å². The van der Waals surface area contributed by atoms with Crippen molar-refractivity contribution >= 4 is 0 Å². The number of aliphatic hydroxyl groups excluding tert-OH is 1. The Morgan fingerprint density at radius 2 is 1.82 bits per heavy atom. The molecule has 0 aromatic carbocycles. The quantitative estimate of drug-likeness (QED) is 0.757. The first kappa shape index (κ1) is 18.9. The third-order valence-corrected chi connectivity index (χ3v) is 9.95. The fourth-order valence-corrected chi connectivity index (χ4v) is 8.30. The van der Waals surface area contributed by atoms with E-state index in [9.17, 15) is 15.0 Å². The zero-order valence-corrected chi connectivity index (χ0v) is 17.2. The van der Waals surface area contributed by atoms with Gasteiger partial charge in [0.1, 0.15) is 0 Å². The molecule has 1 aromatic rings. The average molecular weight is 387 g/mol. The summed E-state index contributed by atoms with van der Waals surface area (Å²) < 4.78 is 5.17. The highest BCUT2D eigenvalue weighted by Crippen LogP contribution is 2.70. The number of aliphatic hydroxyl groups is 2. The van der Waals surface area contributed by atoms with Crippen molar-refractivity contribution < 1.29 is 14.6 Å². The van der Waals surface area contributed by atoms with Crippen molar-refractivity contribution in [2.24, 2.45) is 28.6 Å². The maximum Gasteiger partial charge on any atom is 0.335 e. The molecule has 4 aliphatic rings. The van der Waals surface area contributed by atoms with Gasteiger partial charge in [0, 0.05) is 11.5 Å². The lowest BCUT2D eigenvalue weighted by molar-refractivity contribution is -0.205. The van der Waals surface area contributed by atoms with Gasteiger partial charge in [0.05, 0.1) is 18.0 Å². The van der Waals surface area contributed by atoms with Gasteiger partial charge in [-0.2, -0.15) is 0 Å². The lowest BCUT2D eigenvalue weighted by Crippen LogP contribution is -2.62. The second-order valence-electron chi connectivity index (χ2n) is 10.8. The van der Waals surface area contributed by atoms with E-state index in [2.05, 4.69) is 13.8 Å². The van der Waals surface area contributed by atoms with Crippen LogP contribution in [0.25, 0.3) is 0 Å². The molecular formula is C24H34O4. The molecule has 5 rings (SSSR count). The molecule has 2 N–H and O–H groups in total. The lowest BCUT2D eigenvalue weighted by Gasteiger charge is -2.63. The molecule has 4 fully saturated rings. The van der Waals surface area contributed by atoms with E-state index < -0.39 is 5.60 Å². The van der Waals surface area contributed by atoms with Crippen molar-refractivity contribution in [1.29, 1.82) is 0 Å². The topological polar surface area (TPSA) is 70.7 Å². The maximum atomic E-state index is 12.2. The van der Waals surface area contributed by atoms with Crippen molar-refractivity contribution in [3.05, 3.63) is 34.4 Å². The number of hydrogen-bond acceptors (Lipinski definition) is 4. The summed E-state index contributed by atoms with van der Waals surface area (Å²) in [5, 5.41) is 22.4. The Morgan fingerprint density at radius 1 is 1.00 bits per heavy atom. The van der Waals surface area contributed by atoms with E-state index in [0.29, 0.717) is 17.8 Å². The van der Waals surface area contributed by atoms with Crippen LogP contribution in [0.3, 0.4) is 0 Å². The van der Waals surface area contributed by atoms with Gasteiger partial charge in [0.25, 0.3) is 0 Å². The number of rotatable bonds is 1. The predicted molar refractivity (Wildman–Crippen MR) is 107 cm³/mol. The summed E-state index contributed by atoms with van der Waals surface area (Å²) in [6.45, 7) is 4.73. The second-order valence-corrected chi connectivity index (χ2v) is 10.8. The third kappa shape index (κ3) is 2.40. The van der Waals surface area contributed by atoms with Crippen LogP contribution in [0.2, 0.25) is 0 Å². The van der Waals surface area contributed by atoms with E-state index in [1.807, 2.05) is 6.07 Å². The zero-order valence-electron chi connectivity index (χ0n) is 17.2. The second kappa shape index (κ2) is 6.18. The van der Waals surface area contributed by atoms with Crippen LogP contribution in [0, 0.1) is 28.6 Å². The van der Waals surface area contributed by atoms with Crippen molar-refractivity contribution in [2.45, 2.75) is 89.3 Å². The van der Waals surface area contributed by atoms with Gasteiger partial charge < -0.3 is 14.6 Å². The third-order valence-electron chi connectivity index (χ3n) is 9.95. The first-order valence-electron chi connectivity index (χ1n) is 11.3. The minimum absolute atomic E-state index is 0.129. The first-order valence-corrected chi connectivity index (χ1v) is 11.3. The molecule has 0 radical (unpaired) electrons. The molecule has 4 heteroatoms. The summed E-state index contributed by atoms with van der Waals surface area (Å²) in [4.78, 5) is 11.4. The highest BCUT2D eigenvalue weighted by molar-refractivity contribution is 5.27. The van der Waals surface area contributed by atoms with Gasteiger partial charge in [0.2, 0.25) is 0 Å². The Bertz CT molecular complexity index is 797. The first-order chi connectivity index (χ1) is 13.3. The van der Waals surface area contributed by atoms with Crippen molar-refractivity contribution in [3.63, 3.8) is 0 Å². The van der Waals surface area contributed by atoms with Crippen LogP contribution < -0.4 is 5.63 Å². The molecule has 28 heavy (non-hydrogen) atoms. The Labute approximate surface area is 167 Å². The zero-order chi connectivity index (χ0) is 19.7. The summed E-state index contributed by atoms with van der Waals surface area (Å²) in [6.07, 6.45) is 10.7. The van der Waals surface area contributed by atoms with E-state index >= 15 is 0 Å². The predicted octanol–water partition coefficient (Wildman–Crippen LogP) is 4.24. The minimum Gasteiger partial charge on any atom is -0.431 e. The molecule has 0 spiro atoms. The molecule has 0 amide bonds. The van der Waals surface area contributed by atoms with Crippen LogP contribution in [0.4, 0.5) is 0 Å². The number of hydrogen-bond donors (Lipinski definition) is 2. The highest BCUT2D eigenvalue weighted by atomic mass is 16.4.